The summed E-state index contributed by atoms with van der Waals surface area (Å²) < 4.78 is 43.1. The van der Waals surface area contributed by atoms with Crippen LogP contribution in [0.2, 0.25) is 0 Å². The molecule has 0 aliphatic heterocycles. The number of ether oxygens (including phenoxy) is 3. The summed E-state index contributed by atoms with van der Waals surface area (Å²) in [5, 5.41) is 5.24. The molecule has 6 nitrogen and oxygen atoms in total. The minimum Gasteiger partial charge on any atom is -0.497 e. The van der Waals surface area contributed by atoms with Gasteiger partial charge in [0.15, 0.2) is 11.5 Å². The fourth-order valence-corrected chi connectivity index (χ4v) is 4.29. The summed E-state index contributed by atoms with van der Waals surface area (Å²) in [6.07, 6.45) is 0.688. The highest BCUT2D eigenvalue weighted by Crippen LogP contribution is 2.34. The number of carbonyl (C=O) groups is 1. The minimum atomic E-state index is -0.666. The van der Waals surface area contributed by atoms with Crippen LogP contribution in [0.1, 0.15) is 21.6 Å². The molecule has 0 unspecified atom stereocenters. The summed E-state index contributed by atoms with van der Waals surface area (Å²) in [5.41, 5.74) is 2.53. The first-order chi connectivity index (χ1) is 17.4. The third-order valence-corrected chi connectivity index (χ3v) is 6.21. The van der Waals surface area contributed by atoms with E-state index in [9.17, 15) is 13.6 Å². The highest BCUT2D eigenvalue weighted by molar-refractivity contribution is 7.13. The summed E-state index contributed by atoms with van der Waals surface area (Å²) in [6, 6.07) is 16.1. The van der Waals surface area contributed by atoms with Crippen molar-refractivity contribution < 1.29 is 27.8 Å². The Bertz CT molecular complexity index is 1320. The Hall–Kier alpha value is -3.98. The fourth-order valence-electron chi connectivity index (χ4n) is 3.49. The lowest BCUT2D eigenvalue weighted by molar-refractivity contribution is 0.0950. The summed E-state index contributed by atoms with van der Waals surface area (Å²) in [4.78, 5) is 17.0. The van der Waals surface area contributed by atoms with E-state index in [1.807, 2.05) is 24.3 Å². The van der Waals surface area contributed by atoms with Crippen LogP contribution < -0.4 is 19.5 Å². The van der Waals surface area contributed by atoms with Gasteiger partial charge in [-0.1, -0.05) is 12.1 Å². The molecule has 0 spiro atoms. The number of nitrogens with zero attached hydrogens (tertiary/aromatic N) is 1. The second kappa shape index (κ2) is 11.6. The molecule has 0 saturated carbocycles. The van der Waals surface area contributed by atoms with Gasteiger partial charge < -0.3 is 19.5 Å². The predicted molar refractivity (Wildman–Crippen MR) is 134 cm³/mol. The number of amides is 1. The van der Waals surface area contributed by atoms with Crippen LogP contribution >= 0.6 is 11.3 Å². The van der Waals surface area contributed by atoms with E-state index in [0.717, 1.165) is 22.9 Å². The first-order valence-corrected chi connectivity index (χ1v) is 12.0. The lowest BCUT2D eigenvalue weighted by atomic mass is 10.1. The molecule has 4 aromatic rings. The lowest BCUT2D eigenvalue weighted by Crippen LogP contribution is -2.25. The van der Waals surface area contributed by atoms with Crippen LogP contribution in [-0.4, -0.2) is 31.7 Å². The van der Waals surface area contributed by atoms with E-state index in [2.05, 4.69) is 10.3 Å². The number of nitrogens with one attached hydrogen (secondary N) is 1. The Kier molecular flexibility index (Phi) is 8.12. The van der Waals surface area contributed by atoms with Crippen molar-refractivity contribution in [2.45, 2.75) is 13.0 Å². The Morgan fingerprint density at radius 3 is 2.36 bits per heavy atom. The first-order valence-electron chi connectivity index (χ1n) is 11.1. The first kappa shape index (κ1) is 25.1. The van der Waals surface area contributed by atoms with Crippen LogP contribution in [0, 0.1) is 11.6 Å². The van der Waals surface area contributed by atoms with E-state index in [1.165, 1.54) is 30.6 Å². The maximum Gasteiger partial charge on any atom is 0.270 e. The number of carbonyl (C=O) groups excluding carboxylic acids is 1. The normalized spacial score (nSPS) is 10.7. The van der Waals surface area contributed by atoms with Gasteiger partial charge in [0.2, 0.25) is 0 Å². The molecule has 0 bridgehead atoms. The van der Waals surface area contributed by atoms with Gasteiger partial charge in [0.1, 0.15) is 34.7 Å². The Labute approximate surface area is 211 Å². The summed E-state index contributed by atoms with van der Waals surface area (Å²) in [7, 11) is 3.12. The third kappa shape index (κ3) is 6.37. The molecular formula is C27H24F2N2O4S. The predicted octanol–water partition coefficient (Wildman–Crippen LogP) is 5.66. The van der Waals surface area contributed by atoms with Crippen LogP contribution in [0.5, 0.6) is 17.2 Å². The van der Waals surface area contributed by atoms with Crippen molar-refractivity contribution in [2.24, 2.45) is 0 Å². The molecule has 9 heteroatoms. The second-order valence-electron chi connectivity index (χ2n) is 7.82. The highest BCUT2D eigenvalue weighted by Gasteiger charge is 2.14. The maximum atomic E-state index is 13.4. The molecule has 186 valence electrons. The zero-order valence-corrected chi connectivity index (χ0v) is 20.5. The largest absolute Gasteiger partial charge is 0.497 e. The number of methoxy groups -OCH3 is 2. The average molecular weight is 511 g/mol. The second-order valence-corrected chi connectivity index (χ2v) is 8.68. The van der Waals surface area contributed by atoms with E-state index >= 15 is 0 Å². The number of aromatic nitrogens is 1. The molecule has 0 atom stereocenters. The Morgan fingerprint density at radius 1 is 0.917 bits per heavy atom. The molecule has 36 heavy (non-hydrogen) atoms. The van der Waals surface area contributed by atoms with Gasteiger partial charge in [-0.3, -0.25) is 4.79 Å². The number of benzene rings is 3. The molecule has 3 aromatic carbocycles. The number of rotatable bonds is 10. The molecule has 0 aliphatic carbocycles. The number of hydrogen-bond donors (Lipinski definition) is 1. The molecular weight excluding hydrogens is 486 g/mol. The van der Waals surface area contributed by atoms with Crippen molar-refractivity contribution in [1.82, 2.24) is 10.3 Å². The van der Waals surface area contributed by atoms with Crippen molar-refractivity contribution in [2.75, 3.05) is 20.8 Å². The molecule has 0 radical (unpaired) electrons. The average Bonchev–Trinajstić information content (AvgIpc) is 3.38. The van der Waals surface area contributed by atoms with Gasteiger partial charge in [0.05, 0.1) is 14.2 Å². The third-order valence-electron chi connectivity index (χ3n) is 5.32. The number of halogens is 2. The molecule has 1 amide bonds. The Morgan fingerprint density at radius 2 is 1.67 bits per heavy atom. The van der Waals surface area contributed by atoms with Crippen LogP contribution in [-0.2, 0) is 13.0 Å². The standard InChI is InChI=1S/C27H24F2N2O4S/c1-33-22-6-3-17(4-7-22)9-10-30-26(32)23-16-36-27(31-23)19-5-8-24(25(13-19)34-2)35-15-18-11-20(28)14-21(29)12-18/h3-8,11-14,16H,9-10,15H2,1-2H3,(H,30,32). The van der Waals surface area contributed by atoms with Crippen LogP contribution in [0.3, 0.4) is 0 Å². The van der Waals surface area contributed by atoms with Gasteiger partial charge in [0.25, 0.3) is 5.91 Å². The van der Waals surface area contributed by atoms with E-state index in [4.69, 9.17) is 14.2 Å². The monoisotopic (exact) mass is 510 g/mol. The number of thiazole rings is 1. The van der Waals surface area contributed by atoms with Gasteiger partial charge in [0, 0.05) is 23.6 Å². The lowest BCUT2D eigenvalue weighted by Gasteiger charge is -2.12. The molecule has 1 N–H and O–H groups in total. The van der Waals surface area contributed by atoms with Gasteiger partial charge in [-0.15, -0.1) is 11.3 Å². The summed E-state index contributed by atoms with van der Waals surface area (Å²) in [5.74, 6) is 0.0563. The molecule has 0 saturated heterocycles. The smallest absolute Gasteiger partial charge is 0.270 e. The number of hydrogen-bond acceptors (Lipinski definition) is 6. The SMILES string of the molecule is COc1ccc(CCNC(=O)c2csc(-c3ccc(OCc4cc(F)cc(F)c4)c(OC)c3)n2)cc1. The quantitative estimate of drug-likeness (QED) is 0.298. The van der Waals surface area contributed by atoms with Gasteiger partial charge in [-0.05, 0) is 60.0 Å². The minimum absolute atomic E-state index is 0.0253. The zero-order valence-electron chi connectivity index (χ0n) is 19.7. The van der Waals surface area contributed by atoms with Gasteiger partial charge >= 0.3 is 0 Å². The topological polar surface area (TPSA) is 69.7 Å². The fraction of sp³-hybridized carbons (Fsp3) is 0.185. The van der Waals surface area contributed by atoms with Crippen molar-refractivity contribution in [3.63, 3.8) is 0 Å². The van der Waals surface area contributed by atoms with Crippen molar-refractivity contribution in [3.05, 3.63) is 94.5 Å². The van der Waals surface area contributed by atoms with Crippen molar-refractivity contribution in [1.29, 1.82) is 0 Å². The highest BCUT2D eigenvalue weighted by atomic mass is 32.1. The van der Waals surface area contributed by atoms with Crippen LogP contribution in [0.15, 0.2) is 66.0 Å². The van der Waals surface area contributed by atoms with E-state index < -0.39 is 11.6 Å². The molecule has 4 rings (SSSR count). The Balaban J connectivity index is 1.37. The van der Waals surface area contributed by atoms with Crippen molar-refractivity contribution >= 4 is 17.2 Å². The molecule has 1 heterocycles. The maximum absolute atomic E-state index is 13.4. The van der Waals surface area contributed by atoms with Gasteiger partial charge in [-0.25, -0.2) is 13.8 Å². The summed E-state index contributed by atoms with van der Waals surface area (Å²) in [6.45, 7) is 0.454. The van der Waals surface area contributed by atoms with Crippen LogP contribution in [0.25, 0.3) is 10.6 Å². The van der Waals surface area contributed by atoms with E-state index in [0.29, 0.717) is 40.7 Å². The molecule has 1 aromatic heterocycles. The summed E-state index contributed by atoms with van der Waals surface area (Å²) >= 11 is 1.34. The van der Waals surface area contributed by atoms with Crippen LogP contribution in [0.4, 0.5) is 8.78 Å². The van der Waals surface area contributed by atoms with Crippen molar-refractivity contribution in [3.8, 4) is 27.8 Å². The van der Waals surface area contributed by atoms with E-state index in [-0.39, 0.29) is 12.5 Å². The molecule has 0 aliphatic rings. The van der Waals surface area contributed by atoms with Gasteiger partial charge in [-0.2, -0.15) is 0 Å². The zero-order chi connectivity index (χ0) is 25.5. The van der Waals surface area contributed by atoms with E-state index in [1.54, 1.807) is 30.7 Å². The molecule has 0 fully saturated rings.